The summed E-state index contributed by atoms with van der Waals surface area (Å²) in [7, 11) is 2.12. The molecule has 1 N–H and O–H groups in total. The zero-order valence-electron chi connectivity index (χ0n) is 11.2. The van der Waals surface area contributed by atoms with Gasteiger partial charge in [0.2, 0.25) is 0 Å². The van der Waals surface area contributed by atoms with E-state index >= 15 is 0 Å². The van der Waals surface area contributed by atoms with Crippen molar-refractivity contribution in [2.75, 3.05) is 25.5 Å². The van der Waals surface area contributed by atoms with Crippen LogP contribution in [0, 0.1) is 0 Å². The van der Waals surface area contributed by atoms with Gasteiger partial charge >= 0.3 is 0 Å². The van der Waals surface area contributed by atoms with Gasteiger partial charge in [-0.05, 0) is 45.0 Å². The summed E-state index contributed by atoms with van der Waals surface area (Å²) < 4.78 is 5.33. The molecule has 2 rings (SSSR count). The van der Waals surface area contributed by atoms with Crippen LogP contribution in [-0.4, -0.2) is 37.0 Å². The lowest BCUT2D eigenvalue weighted by atomic mass is 10.1. The Morgan fingerprint density at radius 3 is 2.94 bits per heavy atom. The van der Waals surface area contributed by atoms with E-state index in [0.29, 0.717) is 6.04 Å². The fourth-order valence-corrected chi connectivity index (χ4v) is 1.85. The predicted octanol–water partition coefficient (Wildman–Crippen LogP) is 1.90. The van der Waals surface area contributed by atoms with E-state index in [4.69, 9.17) is 4.74 Å². The maximum atomic E-state index is 11.2. The monoisotopic (exact) mass is 248 g/mol. The molecule has 18 heavy (non-hydrogen) atoms. The molecule has 0 radical (unpaired) electrons. The minimum absolute atomic E-state index is 0.0843. The number of nitrogens with zero attached hydrogens (tertiary/aromatic N) is 1. The van der Waals surface area contributed by atoms with Gasteiger partial charge in [0.05, 0.1) is 5.69 Å². The Kier molecular flexibility index (Phi) is 3.87. The standard InChI is InChI=1S/C14H20N2O2/c1-10(2)16(3)7-6-11-4-5-13-12(8-11)15-14(17)9-18-13/h4-5,8,10H,6-7,9H2,1-3H3,(H,15,17). The van der Waals surface area contributed by atoms with E-state index in [0.717, 1.165) is 24.4 Å². The number of likely N-dealkylation sites (N-methyl/N-ethyl adjacent to an activating group) is 1. The summed E-state index contributed by atoms with van der Waals surface area (Å²) in [6.07, 6.45) is 0.970. The van der Waals surface area contributed by atoms with Crippen LogP contribution in [0.5, 0.6) is 5.75 Å². The molecule has 4 heteroatoms. The molecule has 0 aliphatic carbocycles. The molecule has 98 valence electrons. The van der Waals surface area contributed by atoms with Crippen LogP contribution in [0.2, 0.25) is 0 Å². The largest absolute Gasteiger partial charge is 0.482 e. The SMILES string of the molecule is CC(C)N(C)CCc1ccc2c(c1)NC(=O)CO2. The third-order valence-electron chi connectivity index (χ3n) is 3.31. The summed E-state index contributed by atoms with van der Waals surface area (Å²) >= 11 is 0. The van der Waals surface area contributed by atoms with Crippen molar-refractivity contribution in [2.45, 2.75) is 26.3 Å². The number of hydrogen-bond acceptors (Lipinski definition) is 3. The summed E-state index contributed by atoms with van der Waals surface area (Å²) in [5, 5.41) is 2.83. The highest BCUT2D eigenvalue weighted by Crippen LogP contribution is 2.28. The number of hydrogen-bond donors (Lipinski definition) is 1. The molecular weight excluding hydrogens is 228 g/mol. The molecule has 0 atom stereocenters. The van der Waals surface area contributed by atoms with Crippen molar-refractivity contribution >= 4 is 11.6 Å². The Morgan fingerprint density at radius 1 is 1.44 bits per heavy atom. The second-order valence-corrected chi connectivity index (χ2v) is 4.99. The van der Waals surface area contributed by atoms with Crippen LogP contribution in [0.1, 0.15) is 19.4 Å². The summed E-state index contributed by atoms with van der Waals surface area (Å²) in [5.74, 6) is 0.675. The lowest BCUT2D eigenvalue weighted by Crippen LogP contribution is -2.28. The molecule has 1 aliphatic heterocycles. The number of nitrogens with one attached hydrogen (secondary N) is 1. The Bertz CT molecular complexity index is 443. The molecule has 1 amide bonds. The minimum Gasteiger partial charge on any atom is -0.482 e. The molecule has 1 aliphatic rings. The minimum atomic E-state index is -0.0843. The zero-order chi connectivity index (χ0) is 13.1. The number of fused-ring (bicyclic) bond motifs is 1. The number of carbonyl (C=O) groups excluding carboxylic acids is 1. The van der Waals surface area contributed by atoms with Gasteiger partial charge in [-0.15, -0.1) is 0 Å². The smallest absolute Gasteiger partial charge is 0.262 e. The number of amides is 1. The van der Waals surface area contributed by atoms with Gasteiger partial charge in [-0.3, -0.25) is 4.79 Å². The van der Waals surface area contributed by atoms with Gasteiger partial charge in [0.15, 0.2) is 6.61 Å². The van der Waals surface area contributed by atoms with E-state index in [2.05, 4.69) is 37.2 Å². The van der Waals surface area contributed by atoms with Gasteiger partial charge in [-0.25, -0.2) is 0 Å². The highest BCUT2D eigenvalue weighted by Gasteiger charge is 2.15. The van der Waals surface area contributed by atoms with E-state index in [1.54, 1.807) is 0 Å². The Labute approximate surface area is 108 Å². The summed E-state index contributed by atoms with van der Waals surface area (Å²) in [4.78, 5) is 13.5. The predicted molar refractivity (Wildman–Crippen MR) is 72.0 cm³/mol. The third-order valence-corrected chi connectivity index (χ3v) is 3.31. The number of anilines is 1. The average molecular weight is 248 g/mol. The highest BCUT2D eigenvalue weighted by atomic mass is 16.5. The number of ether oxygens (including phenoxy) is 1. The van der Waals surface area contributed by atoms with Crippen molar-refractivity contribution in [1.82, 2.24) is 4.90 Å². The van der Waals surface area contributed by atoms with E-state index in [1.165, 1.54) is 5.56 Å². The van der Waals surface area contributed by atoms with Crippen molar-refractivity contribution < 1.29 is 9.53 Å². The number of benzene rings is 1. The Hall–Kier alpha value is -1.55. The van der Waals surface area contributed by atoms with Crippen LogP contribution in [0.15, 0.2) is 18.2 Å². The van der Waals surface area contributed by atoms with E-state index in [-0.39, 0.29) is 12.5 Å². The van der Waals surface area contributed by atoms with Crippen LogP contribution >= 0.6 is 0 Å². The van der Waals surface area contributed by atoms with Gasteiger partial charge < -0.3 is 15.0 Å². The van der Waals surface area contributed by atoms with Crippen molar-refractivity contribution in [3.05, 3.63) is 23.8 Å². The lowest BCUT2D eigenvalue weighted by Gasteiger charge is -2.22. The molecule has 1 aromatic rings. The zero-order valence-corrected chi connectivity index (χ0v) is 11.2. The van der Waals surface area contributed by atoms with Gasteiger partial charge in [0, 0.05) is 12.6 Å². The first kappa shape index (κ1) is 12.9. The number of rotatable bonds is 4. The number of carbonyl (C=O) groups is 1. The van der Waals surface area contributed by atoms with Gasteiger partial charge in [0.25, 0.3) is 5.91 Å². The van der Waals surface area contributed by atoms with E-state index in [9.17, 15) is 4.79 Å². The molecule has 0 aromatic heterocycles. The molecule has 0 bridgehead atoms. The summed E-state index contributed by atoms with van der Waals surface area (Å²) in [6.45, 7) is 5.48. The Morgan fingerprint density at radius 2 is 2.22 bits per heavy atom. The fraction of sp³-hybridized carbons (Fsp3) is 0.500. The van der Waals surface area contributed by atoms with Crippen LogP contribution in [-0.2, 0) is 11.2 Å². The van der Waals surface area contributed by atoms with Crippen LogP contribution in [0.3, 0.4) is 0 Å². The Balaban J connectivity index is 2.02. The first-order valence-corrected chi connectivity index (χ1v) is 6.32. The van der Waals surface area contributed by atoms with Crippen LogP contribution in [0.4, 0.5) is 5.69 Å². The van der Waals surface area contributed by atoms with E-state index < -0.39 is 0 Å². The molecule has 0 saturated heterocycles. The molecular formula is C14H20N2O2. The molecule has 0 unspecified atom stereocenters. The lowest BCUT2D eigenvalue weighted by molar-refractivity contribution is -0.118. The van der Waals surface area contributed by atoms with Crippen molar-refractivity contribution in [3.63, 3.8) is 0 Å². The van der Waals surface area contributed by atoms with Crippen molar-refractivity contribution in [2.24, 2.45) is 0 Å². The quantitative estimate of drug-likeness (QED) is 0.885. The molecule has 1 aromatic carbocycles. The molecule has 0 spiro atoms. The second-order valence-electron chi connectivity index (χ2n) is 4.99. The first-order valence-electron chi connectivity index (χ1n) is 6.32. The van der Waals surface area contributed by atoms with Gasteiger partial charge in [0.1, 0.15) is 5.75 Å². The van der Waals surface area contributed by atoms with Crippen molar-refractivity contribution in [1.29, 1.82) is 0 Å². The fourth-order valence-electron chi connectivity index (χ4n) is 1.85. The second kappa shape index (κ2) is 5.40. The normalized spacial score (nSPS) is 14.4. The third kappa shape index (κ3) is 3.01. The molecule has 0 fully saturated rings. The topological polar surface area (TPSA) is 41.6 Å². The van der Waals surface area contributed by atoms with E-state index in [1.807, 2.05) is 12.1 Å². The summed E-state index contributed by atoms with van der Waals surface area (Å²) in [6, 6.07) is 6.54. The maximum absolute atomic E-state index is 11.2. The van der Waals surface area contributed by atoms with Crippen molar-refractivity contribution in [3.8, 4) is 5.75 Å². The van der Waals surface area contributed by atoms with Crippen LogP contribution < -0.4 is 10.1 Å². The van der Waals surface area contributed by atoms with Gasteiger partial charge in [-0.2, -0.15) is 0 Å². The first-order chi connectivity index (χ1) is 8.56. The van der Waals surface area contributed by atoms with Gasteiger partial charge in [-0.1, -0.05) is 6.07 Å². The molecule has 0 saturated carbocycles. The molecule has 4 nitrogen and oxygen atoms in total. The highest BCUT2D eigenvalue weighted by molar-refractivity contribution is 5.95. The maximum Gasteiger partial charge on any atom is 0.262 e. The molecule has 1 heterocycles. The summed E-state index contributed by atoms with van der Waals surface area (Å²) in [5.41, 5.74) is 2.00. The average Bonchev–Trinajstić information content (AvgIpc) is 2.35. The van der Waals surface area contributed by atoms with Crippen LogP contribution in [0.25, 0.3) is 0 Å².